The fourth-order valence-corrected chi connectivity index (χ4v) is 6.28. The van der Waals surface area contributed by atoms with Gasteiger partial charge in [0.25, 0.3) is 0 Å². The number of likely N-dealkylation sites (tertiary alicyclic amines) is 1. The van der Waals surface area contributed by atoms with Gasteiger partial charge in [-0.1, -0.05) is 6.07 Å². The second kappa shape index (κ2) is 4.94. The SMILES string of the molecule is COC1=CC[C@]23CCN(C)[C@@]24C[C@H](O[C@@]14O)c1ccc(OC)c(OC)c13. The fraction of sp³-hybridized carbons (Fsp3) is 0.600. The van der Waals surface area contributed by atoms with Gasteiger partial charge >= 0.3 is 0 Å². The molecule has 4 atom stereocenters. The zero-order valence-corrected chi connectivity index (χ0v) is 15.7. The van der Waals surface area contributed by atoms with Crippen LogP contribution in [-0.4, -0.2) is 56.3 Å². The quantitative estimate of drug-likeness (QED) is 0.892. The average molecular weight is 359 g/mol. The summed E-state index contributed by atoms with van der Waals surface area (Å²) < 4.78 is 23.3. The van der Waals surface area contributed by atoms with Crippen molar-refractivity contribution in [1.82, 2.24) is 4.90 Å². The van der Waals surface area contributed by atoms with Crippen LogP contribution < -0.4 is 9.47 Å². The van der Waals surface area contributed by atoms with E-state index in [0.29, 0.717) is 5.76 Å². The van der Waals surface area contributed by atoms with E-state index in [1.807, 2.05) is 12.1 Å². The summed E-state index contributed by atoms with van der Waals surface area (Å²) in [6.07, 6.45) is 4.22. The van der Waals surface area contributed by atoms with Crippen LogP contribution in [0.25, 0.3) is 0 Å². The monoisotopic (exact) mass is 359 g/mol. The highest BCUT2D eigenvalue weighted by Crippen LogP contribution is 2.72. The van der Waals surface area contributed by atoms with Gasteiger partial charge in [-0.05, 0) is 44.1 Å². The van der Waals surface area contributed by atoms with Crippen LogP contribution in [-0.2, 0) is 14.9 Å². The Bertz CT molecular complexity index is 823. The van der Waals surface area contributed by atoms with Gasteiger partial charge in [-0.2, -0.15) is 0 Å². The Morgan fingerprint density at radius 3 is 2.69 bits per heavy atom. The van der Waals surface area contributed by atoms with Crippen molar-refractivity contribution in [2.45, 2.75) is 42.1 Å². The van der Waals surface area contributed by atoms with Crippen molar-refractivity contribution in [2.24, 2.45) is 0 Å². The summed E-state index contributed by atoms with van der Waals surface area (Å²) >= 11 is 0. The number of aliphatic hydroxyl groups is 1. The van der Waals surface area contributed by atoms with Crippen molar-refractivity contribution in [3.05, 3.63) is 35.1 Å². The minimum absolute atomic E-state index is 0.208. The first-order valence-electron chi connectivity index (χ1n) is 9.10. The molecule has 4 aliphatic rings. The Hall–Kier alpha value is -1.76. The van der Waals surface area contributed by atoms with Crippen LogP contribution in [0.15, 0.2) is 24.0 Å². The third-order valence-electron chi connectivity index (χ3n) is 7.26. The van der Waals surface area contributed by atoms with E-state index in [1.165, 1.54) is 0 Å². The van der Waals surface area contributed by atoms with Crippen LogP contribution in [0.2, 0.25) is 0 Å². The van der Waals surface area contributed by atoms with E-state index in [4.69, 9.17) is 18.9 Å². The van der Waals surface area contributed by atoms with Crippen LogP contribution in [0.5, 0.6) is 11.5 Å². The van der Waals surface area contributed by atoms with E-state index in [2.05, 4.69) is 18.0 Å². The number of hydrogen-bond donors (Lipinski definition) is 1. The van der Waals surface area contributed by atoms with Gasteiger partial charge in [0.15, 0.2) is 17.3 Å². The Labute approximate surface area is 153 Å². The number of likely N-dealkylation sites (N-methyl/N-ethyl adjacent to an activating group) is 1. The molecule has 0 radical (unpaired) electrons. The van der Waals surface area contributed by atoms with E-state index in [1.54, 1.807) is 21.3 Å². The fourth-order valence-electron chi connectivity index (χ4n) is 6.28. The summed E-state index contributed by atoms with van der Waals surface area (Å²) in [5.41, 5.74) is 1.34. The molecule has 2 aliphatic carbocycles. The van der Waals surface area contributed by atoms with Crippen molar-refractivity contribution >= 4 is 0 Å². The molecule has 26 heavy (non-hydrogen) atoms. The van der Waals surface area contributed by atoms with Crippen molar-refractivity contribution < 1.29 is 24.1 Å². The second-order valence-electron chi connectivity index (χ2n) is 7.81. The molecule has 1 aromatic carbocycles. The molecule has 0 unspecified atom stereocenters. The van der Waals surface area contributed by atoms with Gasteiger partial charge in [0.1, 0.15) is 0 Å². The first-order chi connectivity index (χ1) is 12.5. The summed E-state index contributed by atoms with van der Waals surface area (Å²) in [6.45, 7) is 0.878. The molecule has 2 fully saturated rings. The van der Waals surface area contributed by atoms with Gasteiger partial charge in [-0.3, -0.25) is 4.90 Å². The molecular formula is C20H25NO5. The normalized spacial score (nSPS) is 39.9. The average Bonchev–Trinajstić information content (AvgIpc) is 3.13. The van der Waals surface area contributed by atoms with Crippen LogP contribution in [0.4, 0.5) is 0 Å². The van der Waals surface area contributed by atoms with Crippen LogP contribution in [0.3, 0.4) is 0 Å². The Morgan fingerprint density at radius 2 is 2.00 bits per heavy atom. The largest absolute Gasteiger partial charge is 0.496 e. The van der Waals surface area contributed by atoms with E-state index >= 15 is 0 Å². The lowest BCUT2D eigenvalue weighted by Crippen LogP contribution is -2.69. The van der Waals surface area contributed by atoms with E-state index in [9.17, 15) is 5.11 Å². The maximum absolute atomic E-state index is 11.8. The highest BCUT2D eigenvalue weighted by atomic mass is 16.7. The Morgan fingerprint density at radius 1 is 1.19 bits per heavy atom. The maximum Gasteiger partial charge on any atom is 0.245 e. The lowest BCUT2D eigenvalue weighted by Gasteiger charge is -2.56. The van der Waals surface area contributed by atoms with Crippen molar-refractivity contribution in [1.29, 1.82) is 0 Å². The predicted octanol–water partition coefficient (Wildman–Crippen LogP) is 2.11. The van der Waals surface area contributed by atoms with Crippen LogP contribution in [0, 0.1) is 0 Å². The van der Waals surface area contributed by atoms with Gasteiger partial charge in [-0.15, -0.1) is 0 Å². The van der Waals surface area contributed by atoms with E-state index in [-0.39, 0.29) is 11.5 Å². The predicted molar refractivity (Wildman–Crippen MR) is 94.3 cm³/mol. The Kier molecular flexibility index (Phi) is 3.12. The van der Waals surface area contributed by atoms with Gasteiger partial charge in [0.2, 0.25) is 5.79 Å². The molecule has 1 N–H and O–H groups in total. The van der Waals surface area contributed by atoms with Gasteiger partial charge < -0.3 is 24.1 Å². The van der Waals surface area contributed by atoms with Crippen LogP contribution >= 0.6 is 0 Å². The lowest BCUT2D eigenvalue weighted by molar-refractivity contribution is -0.242. The molecule has 5 rings (SSSR count). The summed E-state index contributed by atoms with van der Waals surface area (Å²) in [5, 5.41) is 11.8. The third-order valence-corrected chi connectivity index (χ3v) is 7.26. The number of hydrogen-bond acceptors (Lipinski definition) is 6. The lowest BCUT2D eigenvalue weighted by atomic mass is 9.53. The molecule has 0 saturated carbocycles. The minimum atomic E-state index is -1.47. The standard InChI is InChI=1S/C20H25NO5/c1-21-10-9-18-8-7-15(24-3)20(22)19(18,21)11-14(26-20)12-5-6-13(23-2)17(25-4)16(12)18/h5-7,14,22H,8-11H2,1-4H3/t14-,18+,19-,20-/m0/s1. The highest BCUT2D eigenvalue weighted by molar-refractivity contribution is 5.62. The number of allylic oxidation sites excluding steroid dienone is 1. The molecule has 1 spiro atoms. The molecule has 6 heteroatoms. The van der Waals surface area contributed by atoms with E-state index in [0.717, 1.165) is 48.4 Å². The molecule has 2 bridgehead atoms. The molecule has 2 saturated heterocycles. The first kappa shape index (κ1) is 16.4. The number of fused-ring (bicyclic) bond motifs is 3. The molecule has 2 heterocycles. The number of nitrogens with zero attached hydrogens (tertiary/aromatic N) is 1. The number of methoxy groups -OCH3 is 3. The maximum atomic E-state index is 11.8. The number of rotatable bonds is 3. The molecule has 140 valence electrons. The third kappa shape index (κ3) is 1.45. The van der Waals surface area contributed by atoms with Gasteiger partial charge in [-0.25, -0.2) is 0 Å². The van der Waals surface area contributed by atoms with E-state index < -0.39 is 11.3 Å². The zero-order chi connectivity index (χ0) is 18.3. The molecule has 6 nitrogen and oxygen atoms in total. The highest BCUT2D eigenvalue weighted by Gasteiger charge is 2.79. The van der Waals surface area contributed by atoms with Crippen molar-refractivity contribution in [3.63, 3.8) is 0 Å². The minimum Gasteiger partial charge on any atom is -0.496 e. The van der Waals surface area contributed by atoms with Gasteiger partial charge in [0, 0.05) is 17.4 Å². The molecular weight excluding hydrogens is 334 g/mol. The molecule has 0 aromatic heterocycles. The summed E-state index contributed by atoms with van der Waals surface area (Å²) in [4.78, 5) is 2.26. The smallest absolute Gasteiger partial charge is 0.245 e. The summed E-state index contributed by atoms with van der Waals surface area (Å²) in [6, 6.07) is 4.00. The van der Waals surface area contributed by atoms with Crippen LogP contribution in [0.1, 0.15) is 36.5 Å². The second-order valence-corrected chi connectivity index (χ2v) is 7.81. The molecule has 1 aromatic rings. The zero-order valence-electron chi connectivity index (χ0n) is 15.7. The Balaban J connectivity index is 1.88. The number of benzene rings is 1. The first-order valence-corrected chi connectivity index (χ1v) is 9.10. The molecule has 0 amide bonds. The number of ether oxygens (including phenoxy) is 4. The topological polar surface area (TPSA) is 60.4 Å². The van der Waals surface area contributed by atoms with Gasteiger partial charge in [0.05, 0.1) is 33.0 Å². The summed E-state index contributed by atoms with van der Waals surface area (Å²) in [5.74, 6) is 0.531. The van der Waals surface area contributed by atoms with Crippen molar-refractivity contribution in [3.8, 4) is 11.5 Å². The van der Waals surface area contributed by atoms with Crippen molar-refractivity contribution in [2.75, 3.05) is 34.9 Å². The summed E-state index contributed by atoms with van der Waals surface area (Å²) in [7, 11) is 7.02. The molecule has 2 aliphatic heterocycles.